The molecule has 3 rings (SSSR count). The van der Waals surface area contributed by atoms with Crippen molar-refractivity contribution >= 4 is 28.1 Å². The largest absolute Gasteiger partial charge is 0.464 e. The Morgan fingerprint density at radius 3 is 2.72 bits per heavy atom. The summed E-state index contributed by atoms with van der Waals surface area (Å²) >= 11 is 7.89. The summed E-state index contributed by atoms with van der Waals surface area (Å²) in [5.41, 5.74) is 2.36. The molecule has 0 amide bonds. The lowest BCUT2D eigenvalue weighted by Gasteiger charge is -2.08. The van der Waals surface area contributed by atoms with Crippen LogP contribution < -0.4 is 10.1 Å². The van der Waals surface area contributed by atoms with E-state index in [-0.39, 0.29) is 0 Å². The van der Waals surface area contributed by atoms with Gasteiger partial charge in [0.2, 0.25) is 0 Å². The molecule has 0 fully saturated rings. The molecule has 0 atom stereocenters. The molecule has 5 nitrogen and oxygen atoms in total. The van der Waals surface area contributed by atoms with E-state index in [4.69, 9.17) is 16.3 Å². The quantitative estimate of drug-likeness (QED) is 0.620. The average Bonchev–Trinajstić information content (AvgIpc) is 3.09. The van der Waals surface area contributed by atoms with E-state index < -0.39 is 0 Å². The van der Waals surface area contributed by atoms with Gasteiger partial charge in [0.25, 0.3) is 0 Å². The molecule has 2 aromatic heterocycles. The van der Waals surface area contributed by atoms with Crippen LogP contribution in [0.15, 0.2) is 36.5 Å². The summed E-state index contributed by atoms with van der Waals surface area (Å²) in [7, 11) is 0. The maximum absolute atomic E-state index is 6.33. The van der Waals surface area contributed by atoms with Crippen molar-refractivity contribution < 1.29 is 4.74 Å². The lowest BCUT2D eigenvalue weighted by atomic mass is 10.1. The van der Waals surface area contributed by atoms with Crippen LogP contribution in [-0.2, 0) is 0 Å². The maximum Gasteiger partial charge on any atom is 0.317 e. The molecule has 3 aromatic rings. The third kappa shape index (κ3) is 4.27. The molecule has 0 unspecified atom stereocenters. The first kappa shape index (κ1) is 17.6. The number of ether oxygens (including phenoxy) is 1. The number of hydrogen-bond acceptors (Lipinski definition) is 6. The summed E-state index contributed by atoms with van der Waals surface area (Å²) in [4.78, 5) is 14.4. The molecule has 0 saturated heterocycles. The van der Waals surface area contributed by atoms with Crippen LogP contribution in [0.3, 0.4) is 0 Å². The van der Waals surface area contributed by atoms with Gasteiger partial charge in [-0.1, -0.05) is 48.1 Å². The van der Waals surface area contributed by atoms with Crippen molar-refractivity contribution in [2.24, 2.45) is 0 Å². The van der Waals surface area contributed by atoms with E-state index in [0.29, 0.717) is 17.6 Å². The summed E-state index contributed by atoms with van der Waals surface area (Å²) in [6.07, 6.45) is 2.87. The van der Waals surface area contributed by atoms with E-state index in [1.54, 1.807) is 11.3 Å². The van der Waals surface area contributed by atoms with E-state index in [9.17, 15) is 0 Å². The van der Waals surface area contributed by atoms with Crippen LogP contribution in [0.5, 0.6) is 6.01 Å². The van der Waals surface area contributed by atoms with Crippen molar-refractivity contribution in [3.05, 3.63) is 41.6 Å². The molecular formula is C18H19ClN4OS. The minimum Gasteiger partial charge on any atom is -0.464 e. The number of hydrogen-bond donors (Lipinski definition) is 1. The van der Waals surface area contributed by atoms with Crippen molar-refractivity contribution in [3.8, 4) is 27.8 Å². The van der Waals surface area contributed by atoms with Gasteiger partial charge in [-0.2, -0.15) is 9.97 Å². The highest BCUT2D eigenvalue weighted by atomic mass is 35.5. The first-order valence-corrected chi connectivity index (χ1v) is 9.37. The molecule has 0 aliphatic heterocycles. The first-order valence-electron chi connectivity index (χ1n) is 8.18. The summed E-state index contributed by atoms with van der Waals surface area (Å²) in [6.45, 7) is 5.42. The van der Waals surface area contributed by atoms with Gasteiger partial charge in [-0.3, -0.25) is 0 Å². The fourth-order valence-electron chi connectivity index (χ4n) is 2.26. The SMILES string of the molecule is CCCNc1ncc(-c2cc(-c3ccccc3Cl)nc(OCC)n2)s1. The van der Waals surface area contributed by atoms with Gasteiger partial charge in [-0.05, 0) is 25.5 Å². The lowest BCUT2D eigenvalue weighted by Crippen LogP contribution is -2.00. The number of aromatic nitrogens is 3. The number of benzene rings is 1. The number of nitrogens with one attached hydrogen (secondary N) is 1. The number of rotatable bonds is 7. The topological polar surface area (TPSA) is 59.9 Å². The monoisotopic (exact) mass is 374 g/mol. The van der Waals surface area contributed by atoms with Crippen molar-refractivity contribution in [3.63, 3.8) is 0 Å². The van der Waals surface area contributed by atoms with Crippen LogP contribution in [0.4, 0.5) is 5.13 Å². The lowest BCUT2D eigenvalue weighted by molar-refractivity contribution is 0.313. The van der Waals surface area contributed by atoms with E-state index in [1.165, 1.54) is 0 Å². The second kappa shape index (κ2) is 8.27. The van der Waals surface area contributed by atoms with Gasteiger partial charge in [0, 0.05) is 23.3 Å². The predicted octanol–water partition coefficient (Wildman–Crippen LogP) is 5.14. The van der Waals surface area contributed by atoms with Gasteiger partial charge in [0.15, 0.2) is 5.13 Å². The molecule has 25 heavy (non-hydrogen) atoms. The smallest absolute Gasteiger partial charge is 0.317 e. The van der Waals surface area contributed by atoms with Crippen molar-refractivity contribution in [1.29, 1.82) is 0 Å². The number of halogens is 1. The highest BCUT2D eigenvalue weighted by Gasteiger charge is 2.13. The molecule has 0 aliphatic carbocycles. The number of nitrogens with zero attached hydrogens (tertiary/aromatic N) is 3. The minimum atomic E-state index is 0.339. The highest BCUT2D eigenvalue weighted by Crippen LogP contribution is 2.33. The van der Waals surface area contributed by atoms with E-state index >= 15 is 0 Å². The Morgan fingerprint density at radius 1 is 1.16 bits per heavy atom. The molecule has 130 valence electrons. The molecule has 0 saturated carbocycles. The van der Waals surface area contributed by atoms with Gasteiger partial charge in [0.05, 0.1) is 22.9 Å². The first-order chi connectivity index (χ1) is 12.2. The van der Waals surface area contributed by atoms with Crippen LogP contribution in [0.2, 0.25) is 5.02 Å². The zero-order chi connectivity index (χ0) is 17.6. The highest BCUT2D eigenvalue weighted by molar-refractivity contribution is 7.18. The third-order valence-electron chi connectivity index (χ3n) is 3.41. The minimum absolute atomic E-state index is 0.339. The molecule has 0 aliphatic rings. The van der Waals surface area contributed by atoms with Gasteiger partial charge < -0.3 is 10.1 Å². The van der Waals surface area contributed by atoms with Gasteiger partial charge in [0.1, 0.15) is 0 Å². The van der Waals surface area contributed by atoms with Crippen LogP contribution in [0, 0.1) is 0 Å². The van der Waals surface area contributed by atoms with Crippen molar-refractivity contribution in [2.75, 3.05) is 18.5 Å². The maximum atomic E-state index is 6.33. The Bertz CT molecular complexity index is 853. The predicted molar refractivity (Wildman–Crippen MR) is 104 cm³/mol. The second-order valence-corrected chi connectivity index (χ2v) is 6.73. The standard InChI is InChI=1S/C18H19ClN4OS/c1-3-9-20-18-21-11-16(25-18)15-10-14(22-17(23-15)24-4-2)12-7-5-6-8-13(12)19/h5-8,10-11H,3-4,9H2,1-2H3,(H,20,21). The van der Waals surface area contributed by atoms with E-state index in [2.05, 4.69) is 27.2 Å². The normalized spacial score (nSPS) is 10.7. The third-order valence-corrected chi connectivity index (χ3v) is 4.72. The fourth-order valence-corrected chi connectivity index (χ4v) is 3.29. The van der Waals surface area contributed by atoms with Gasteiger partial charge in [-0.25, -0.2) is 4.98 Å². The molecule has 2 heterocycles. The van der Waals surface area contributed by atoms with Crippen molar-refractivity contribution in [1.82, 2.24) is 15.0 Å². The zero-order valence-corrected chi connectivity index (χ0v) is 15.7. The second-order valence-electron chi connectivity index (χ2n) is 5.29. The van der Waals surface area contributed by atoms with Gasteiger partial charge in [-0.15, -0.1) is 0 Å². The Kier molecular flexibility index (Phi) is 5.83. The average molecular weight is 375 g/mol. The van der Waals surface area contributed by atoms with E-state index in [0.717, 1.165) is 39.9 Å². The molecule has 1 N–H and O–H groups in total. The fraction of sp³-hybridized carbons (Fsp3) is 0.278. The van der Waals surface area contributed by atoms with Crippen LogP contribution in [0.1, 0.15) is 20.3 Å². The van der Waals surface area contributed by atoms with Crippen LogP contribution >= 0.6 is 22.9 Å². The number of thiazole rings is 1. The van der Waals surface area contributed by atoms with Crippen LogP contribution in [-0.4, -0.2) is 28.1 Å². The Morgan fingerprint density at radius 2 is 1.96 bits per heavy atom. The Balaban J connectivity index is 2.01. The molecule has 7 heteroatoms. The summed E-state index contributed by atoms with van der Waals surface area (Å²) in [6, 6.07) is 9.87. The molecular weight excluding hydrogens is 356 g/mol. The Hall–Kier alpha value is -2.18. The molecule has 1 aromatic carbocycles. The molecule has 0 radical (unpaired) electrons. The summed E-state index contributed by atoms with van der Waals surface area (Å²) < 4.78 is 5.55. The number of anilines is 1. The zero-order valence-electron chi connectivity index (χ0n) is 14.1. The molecule has 0 spiro atoms. The van der Waals surface area contributed by atoms with Crippen molar-refractivity contribution in [2.45, 2.75) is 20.3 Å². The summed E-state index contributed by atoms with van der Waals surface area (Å²) in [5, 5.41) is 4.82. The van der Waals surface area contributed by atoms with E-state index in [1.807, 2.05) is 43.5 Å². The van der Waals surface area contributed by atoms with Crippen LogP contribution in [0.25, 0.3) is 21.8 Å². The molecule has 0 bridgehead atoms. The summed E-state index contributed by atoms with van der Waals surface area (Å²) in [5.74, 6) is 0. The van der Waals surface area contributed by atoms with Gasteiger partial charge >= 0.3 is 6.01 Å². The Labute approximate surface area is 156 Å².